The van der Waals surface area contributed by atoms with Crippen LogP contribution in [0.2, 0.25) is 0 Å². The maximum absolute atomic E-state index is 12.5. The summed E-state index contributed by atoms with van der Waals surface area (Å²) in [6, 6.07) is 8.36. The zero-order valence-electron chi connectivity index (χ0n) is 15.0. The first-order valence-corrected chi connectivity index (χ1v) is 9.47. The van der Waals surface area contributed by atoms with Crippen molar-refractivity contribution in [1.82, 2.24) is 15.2 Å². The molecule has 3 rings (SSSR count). The zero-order chi connectivity index (χ0) is 17.8. The minimum atomic E-state index is 0.0105. The number of rotatable bonds is 5. The van der Waals surface area contributed by atoms with Crippen molar-refractivity contribution >= 4 is 17.2 Å². The molecule has 1 fully saturated rings. The third kappa shape index (κ3) is 4.58. The molecule has 25 heavy (non-hydrogen) atoms. The lowest BCUT2D eigenvalue weighted by atomic mass is 10.0. The highest BCUT2D eigenvalue weighted by Crippen LogP contribution is 2.20. The predicted octanol–water partition coefficient (Wildman–Crippen LogP) is 3.16. The van der Waals surface area contributed by atoms with Crippen LogP contribution in [0.15, 0.2) is 24.3 Å². The smallest absolute Gasteiger partial charge is 0.263 e. The summed E-state index contributed by atoms with van der Waals surface area (Å²) in [5.41, 5.74) is 2.06. The number of nitrogens with zero attached hydrogens (tertiary/aromatic N) is 2. The highest BCUT2D eigenvalue weighted by molar-refractivity contribution is 7.13. The van der Waals surface area contributed by atoms with E-state index in [0.717, 1.165) is 53.8 Å². The summed E-state index contributed by atoms with van der Waals surface area (Å²) in [6.07, 6.45) is 2.12. The number of aromatic nitrogens is 1. The molecule has 0 spiro atoms. The van der Waals surface area contributed by atoms with E-state index in [1.807, 2.05) is 26.0 Å². The van der Waals surface area contributed by atoms with Gasteiger partial charge in [0.1, 0.15) is 10.6 Å². The molecule has 1 atom stereocenters. The van der Waals surface area contributed by atoms with Crippen LogP contribution in [0.5, 0.6) is 5.75 Å². The lowest BCUT2D eigenvalue weighted by Crippen LogP contribution is -2.47. The molecular formula is C19H25N3O2S. The van der Waals surface area contributed by atoms with E-state index >= 15 is 0 Å². The van der Waals surface area contributed by atoms with E-state index in [-0.39, 0.29) is 11.9 Å². The number of hydrogen-bond donors (Lipinski definition) is 1. The molecule has 5 nitrogen and oxygen atoms in total. The number of thiazole rings is 1. The fourth-order valence-corrected chi connectivity index (χ4v) is 4.16. The van der Waals surface area contributed by atoms with Crippen molar-refractivity contribution in [2.75, 3.05) is 20.2 Å². The molecule has 1 aromatic heterocycles. The van der Waals surface area contributed by atoms with Crippen molar-refractivity contribution < 1.29 is 9.53 Å². The largest absolute Gasteiger partial charge is 0.497 e. The molecule has 1 aromatic carbocycles. The number of aryl methyl sites for hydroxylation is 2. The molecule has 0 saturated carbocycles. The first-order chi connectivity index (χ1) is 12.0. The summed E-state index contributed by atoms with van der Waals surface area (Å²) in [5, 5.41) is 4.13. The summed E-state index contributed by atoms with van der Waals surface area (Å²) < 4.78 is 5.30. The van der Waals surface area contributed by atoms with Gasteiger partial charge in [0.05, 0.1) is 17.8 Å². The summed E-state index contributed by atoms with van der Waals surface area (Å²) in [7, 11) is 1.69. The van der Waals surface area contributed by atoms with Crippen LogP contribution >= 0.6 is 11.3 Å². The van der Waals surface area contributed by atoms with Gasteiger partial charge in [-0.25, -0.2) is 4.98 Å². The highest BCUT2D eigenvalue weighted by Gasteiger charge is 2.23. The molecule has 0 aliphatic carbocycles. The van der Waals surface area contributed by atoms with E-state index in [4.69, 9.17) is 4.74 Å². The number of benzene rings is 1. The lowest BCUT2D eigenvalue weighted by molar-refractivity contribution is 0.0904. The molecule has 0 radical (unpaired) electrons. The molecule has 1 unspecified atom stereocenters. The average molecular weight is 359 g/mol. The topological polar surface area (TPSA) is 54.5 Å². The van der Waals surface area contributed by atoms with Gasteiger partial charge in [0.2, 0.25) is 0 Å². The van der Waals surface area contributed by atoms with Crippen molar-refractivity contribution in [3.8, 4) is 5.75 Å². The first-order valence-electron chi connectivity index (χ1n) is 8.65. The number of methoxy groups -OCH3 is 1. The maximum Gasteiger partial charge on any atom is 0.263 e. The number of carbonyl (C=O) groups is 1. The lowest BCUT2D eigenvalue weighted by Gasteiger charge is -2.33. The van der Waals surface area contributed by atoms with E-state index in [2.05, 4.69) is 27.3 Å². The number of nitrogens with one attached hydrogen (secondary N) is 1. The molecule has 1 amide bonds. The number of amides is 1. The molecule has 1 aliphatic heterocycles. The Balaban J connectivity index is 1.59. The Morgan fingerprint density at radius 3 is 3.00 bits per heavy atom. The van der Waals surface area contributed by atoms with Crippen LogP contribution in [0, 0.1) is 13.8 Å². The SMILES string of the molecule is COc1cccc(CN2CCCC(NC(=O)c3sc(C)nc3C)C2)c1. The summed E-state index contributed by atoms with van der Waals surface area (Å²) in [4.78, 5) is 20.0. The second kappa shape index (κ2) is 7.97. The average Bonchev–Trinajstić information content (AvgIpc) is 2.94. The Morgan fingerprint density at radius 2 is 2.28 bits per heavy atom. The number of ether oxygens (including phenoxy) is 1. The Kier molecular flexibility index (Phi) is 5.71. The molecule has 6 heteroatoms. The fraction of sp³-hybridized carbons (Fsp3) is 0.474. The molecule has 0 bridgehead atoms. The minimum Gasteiger partial charge on any atom is -0.497 e. The molecule has 2 aromatic rings. The van der Waals surface area contributed by atoms with Crippen molar-refractivity contribution in [2.45, 2.75) is 39.3 Å². The Bertz CT molecular complexity index is 744. The summed E-state index contributed by atoms with van der Waals surface area (Å²) >= 11 is 1.47. The van der Waals surface area contributed by atoms with Gasteiger partial charge in [-0.3, -0.25) is 9.69 Å². The van der Waals surface area contributed by atoms with E-state index < -0.39 is 0 Å². The van der Waals surface area contributed by atoms with Gasteiger partial charge in [-0.2, -0.15) is 0 Å². The molecule has 1 N–H and O–H groups in total. The first kappa shape index (κ1) is 17.9. The standard InChI is InChI=1S/C19H25N3O2S/c1-13-18(25-14(2)20-13)19(23)21-16-7-5-9-22(12-16)11-15-6-4-8-17(10-15)24-3/h4,6,8,10,16H,5,7,9,11-12H2,1-3H3,(H,21,23). The minimum absolute atomic E-state index is 0.0105. The van der Waals surface area contributed by atoms with Crippen LogP contribution in [-0.2, 0) is 6.54 Å². The van der Waals surface area contributed by atoms with Crippen LogP contribution in [-0.4, -0.2) is 42.0 Å². The van der Waals surface area contributed by atoms with Gasteiger partial charge in [-0.1, -0.05) is 12.1 Å². The van der Waals surface area contributed by atoms with E-state index in [0.29, 0.717) is 0 Å². The Hall–Kier alpha value is -1.92. The van der Waals surface area contributed by atoms with Crippen LogP contribution in [0.1, 0.15) is 38.8 Å². The van der Waals surface area contributed by atoms with Gasteiger partial charge in [0.15, 0.2) is 0 Å². The van der Waals surface area contributed by atoms with Crippen molar-refractivity contribution in [1.29, 1.82) is 0 Å². The number of carbonyl (C=O) groups excluding carboxylic acids is 1. The van der Waals surface area contributed by atoms with Gasteiger partial charge in [-0.15, -0.1) is 11.3 Å². The fourth-order valence-electron chi connectivity index (χ4n) is 3.34. The normalized spacial score (nSPS) is 18.1. The number of likely N-dealkylation sites (tertiary alicyclic amines) is 1. The van der Waals surface area contributed by atoms with E-state index in [1.165, 1.54) is 16.9 Å². The number of hydrogen-bond acceptors (Lipinski definition) is 5. The second-order valence-corrected chi connectivity index (χ2v) is 7.75. The van der Waals surface area contributed by atoms with Crippen molar-refractivity contribution in [2.24, 2.45) is 0 Å². The van der Waals surface area contributed by atoms with Crippen LogP contribution in [0.4, 0.5) is 0 Å². The van der Waals surface area contributed by atoms with Crippen molar-refractivity contribution in [3.05, 3.63) is 45.4 Å². The number of piperidine rings is 1. The summed E-state index contributed by atoms with van der Waals surface area (Å²) in [6.45, 7) is 6.64. The van der Waals surface area contributed by atoms with Gasteiger partial charge >= 0.3 is 0 Å². The zero-order valence-corrected chi connectivity index (χ0v) is 15.9. The van der Waals surface area contributed by atoms with Crippen LogP contribution < -0.4 is 10.1 Å². The quantitative estimate of drug-likeness (QED) is 0.891. The Morgan fingerprint density at radius 1 is 1.44 bits per heavy atom. The van der Waals surface area contributed by atoms with Crippen LogP contribution in [0.25, 0.3) is 0 Å². The highest BCUT2D eigenvalue weighted by atomic mass is 32.1. The van der Waals surface area contributed by atoms with E-state index in [1.54, 1.807) is 7.11 Å². The maximum atomic E-state index is 12.5. The van der Waals surface area contributed by atoms with Crippen molar-refractivity contribution in [3.63, 3.8) is 0 Å². The molecule has 134 valence electrons. The molecular weight excluding hydrogens is 334 g/mol. The van der Waals surface area contributed by atoms with Gasteiger partial charge < -0.3 is 10.1 Å². The predicted molar refractivity (Wildman–Crippen MR) is 100 cm³/mol. The van der Waals surface area contributed by atoms with Gasteiger partial charge in [-0.05, 0) is 50.9 Å². The van der Waals surface area contributed by atoms with E-state index in [9.17, 15) is 4.79 Å². The molecule has 1 saturated heterocycles. The summed E-state index contributed by atoms with van der Waals surface area (Å²) in [5.74, 6) is 0.895. The molecule has 1 aliphatic rings. The monoisotopic (exact) mass is 359 g/mol. The third-order valence-corrected chi connectivity index (χ3v) is 5.56. The molecule has 2 heterocycles. The second-order valence-electron chi connectivity index (χ2n) is 6.55. The third-order valence-electron chi connectivity index (χ3n) is 4.49. The van der Waals surface area contributed by atoms with Gasteiger partial charge in [0.25, 0.3) is 5.91 Å². The van der Waals surface area contributed by atoms with Gasteiger partial charge in [0, 0.05) is 19.1 Å². The van der Waals surface area contributed by atoms with Crippen LogP contribution in [0.3, 0.4) is 0 Å². The Labute approximate surface area is 153 Å².